The van der Waals surface area contributed by atoms with Gasteiger partial charge >= 0.3 is 0 Å². The van der Waals surface area contributed by atoms with Crippen LogP contribution < -0.4 is 5.48 Å². The van der Waals surface area contributed by atoms with Gasteiger partial charge in [0.25, 0.3) is 0 Å². The van der Waals surface area contributed by atoms with Crippen molar-refractivity contribution in [2.45, 2.75) is 84.1 Å². The van der Waals surface area contributed by atoms with Crippen molar-refractivity contribution in [1.29, 1.82) is 0 Å². The van der Waals surface area contributed by atoms with Crippen LogP contribution in [0.5, 0.6) is 0 Å². The molecule has 0 heterocycles. The van der Waals surface area contributed by atoms with E-state index in [0.29, 0.717) is 0 Å². The van der Waals surface area contributed by atoms with E-state index in [1.54, 1.807) is 0 Å². The van der Waals surface area contributed by atoms with Crippen molar-refractivity contribution in [2.24, 2.45) is 0 Å². The third kappa shape index (κ3) is 10.2. The van der Waals surface area contributed by atoms with Crippen LogP contribution in [0.3, 0.4) is 0 Å². The van der Waals surface area contributed by atoms with E-state index in [9.17, 15) is 5.21 Å². The SMILES string of the molecule is CCCCCCC(CCCCCC)N[O-]. The minimum atomic E-state index is 0.221. The standard InChI is InChI=1S/C13H28NO/c1-3-5-7-9-11-13(14-15)12-10-8-6-4-2/h13-14H,3-12H2,1-2H3/q-1. The molecule has 0 aliphatic rings. The number of hydroxylamine groups is 1. The van der Waals surface area contributed by atoms with Crippen molar-refractivity contribution in [3.63, 3.8) is 0 Å². The molecule has 0 saturated heterocycles. The number of hydrogen-bond donors (Lipinski definition) is 1. The number of nitrogens with one attached hydrogen (secondary N) is 1. The molecule has 0 aliphatic carbocycles. The molecule has 0 aromatic rings. The second-order valence-electron chi connectivity index (χ2n) is 4.51. The highest BCUT2D eigenvalue weighted by Crippen LogP contribution is 2.12. The molecule has 2 nitrogen and oxygen atoms in total. The number of rotatable bonds is 11. The Bertz CT molecular complexity index is 105. The lowest BCUT2D eigenvalue weighted by Gasteiger charge is -2.22. The van der Waals surface area contributed by atoms with Crippen molar-refractivity contribution in [2.75, 3.05) is 0 Å². The fraction of sp³-hybridized carbons (Fsp3) is 1.00. The highest BCUT2D eigenvalue weighted by atomic mass is 16.5. The summed E-state index contributed by atoms with van der Waals surface area (Å²) in [6.45, 7) is 4.43. The lowest BCUT2D eigenvalue weighted by molar-refractivity contribution is 0.452. The maximum absolute atomic E-state index is 10.7. The van der Waals surface area contributed by atoms with Crippen LogP contribution >= 0.6 is 0 Å². The van der Waals surface area contributed by atoms with Crippen LogP contribution in [0.1, 0.15) is 78.1 Å². The van der Waals surface area contributed by atoms with Crippen molar-refractivity contribution < 1.29 is 0 Å². The largest absolute Gasteiger partial charge is 0.788 e. The van der Waals surface area contributed by atoms with Gasteiger partial charge in [-0.3, -0.25) is 0 Å². The first-order valence-electron chi connectivity index (χ1n) is 6.72. The summed E-state index contributed by atoms with van der Waals surface area (Å²) in [7, 11) is 0. The van der Waals surface area contributed by atoms with Gasteiger partial charge in [-0.2, -0.15) is 0 Å². The summed E-state index contributed by atoms with van der Waals surface area (Å²) in [6, 6.07) is 0.221. The van der Waals surface area contributed by atoms with Gasteiger partial charge in [-0.05, 0) is 18.9 Å². The van der Waals surface area contributed by atoms with Crippen molar-refractivity contribution in [3.8, 4) is 0 Å². The molecular weight excluding hydrogens is 186 g/mol. The van der Waals surface area contributed by atoms with E-state index in [1.807, 2.05) is 0 Å². The third-order valence-corrected chi connectivity index (χ3v) is 2.98. The molecular formula is C13H28NO-. The molecule has 92 valence electrons. The Morgan fingerprint density at radius 1 is 0.800 bits per heavy atom. The minimum Gasteiger partial charge on any atom is -0.788 e. The van der Waals surface area contributed by atoms with E-state index in [4.69, 9.17) is 0 Å². The normalized spacial score (nSPS) is 11.2. The summed E-state index contributed by atoms with van der Waals surface area (Å²) in [5.74, 6) is 0. The Hall–Kier alpha value is -0.0800. The first-order valence-corrected chi connectivity index (χ1v) is 6.72. The molecule has 0 spiro atoms. The molecule has 0 atom stereocenters. The first kappa shape index (κ1) is 14.9. The Morgan fingerprint density at radius 3 is 1.60 bits per heavy atom. The summed E-state index contributed by atoms with van der Waals surface area (Å²) in [5, 5.41) is 10.7. The Balaban J connectivity index is 3.29. The van der Waals surface area contributed by atoms with Gasteiger partial charge in [0.05, 0.1) is 0 Å². The molecule has 0 unspecified atom stereocenters. The van der Waals surface area contributed by atoms with E-state index in [1.165, 1.54) is 51.4 Å². The van der Waals surface area contributed by atoms with Gasteiger partial charge in [0.1, 0.15) is 0 Å². The highest BCUT2D eigenvalue weighted by molar-refractivity contribution is 4.67. The van der Waals surface area contributed by atoms with Crippen LogP contribution in [0.25, 0.3) is 0 Å². The predicted octanol–water partition coefficient (Wildman–Crippen LogP) is 4.38. The zero-order chi connectivity index (χ0) is 11.4. The predicted molar refractivity (Wildman–Crippen MR) is 67.8 cm³/mol. The molecule has 1 N–H and O–H groups in total. The Labute approximate surface area is 95.4 Å². The van der Waals surface area contributed by atoms with Crippen molar-refractivity contribution in [1.82, 2.24) is 5.48 Å². The van der Waals surface area contributed by atoms with Crippen LogP contribution in [0, 0.1) is 5.21 Å². The third-order valence-electron chi connectivity index (χ3n) is 2.98. The molecule has 0 bridgehead atoms. The van der Waals surface area contributed by atoms with Gasteiger partial charge in [0.15, 0.2) is 0 Å². The molecule has 0 radical (unpaired) electrons. The smallest absolute Gasteiger partial charge is 0.00510 e. The fourth-order valence-electron chi connectivity index (χ4n) is 1.90. The van der Waals surface area contributed by atoms with Crippen LogP contribution in [0.2, 0.25) is 0 Å². The monoisotopic (exact) mass is 214 g/mol. The summed E-state index contributed by atoms with van der Waals surface area (Å²) in [4.78, 5) is 0. The van der Waals surface area contributed by atoms with Gasteiger partial charge in [-0.1, -0.05) is 65.2 Å². The number of hydrogen-bond acceptors (Lipinski definition) is 2. The minimum absolute atomic E-state index is 0.221. The second kappa shape index (κ2) is 12.0. The molecule has 0 aromatic carbocycles. The molecule has 0 aromatic heterocycles. The molecule has 0 rings (SSSR count). The molecule has 0 fully saturated rings. The van der Waals surface area contributed by atoms with Gasteiger partial charge in [-0.15, -0.1) is 0 Å². The number of unbranched alkanes of at least 4 members (excludes halogenated alkanes) is 6. The zero-order valence-corrected chi connectivity index (χ0v) is 10.6. The molecule has 2 heteroatoms. The van der Waals surface area contributed by atoms with Gasteiger partial charge in [0, 0.05) is 0 Å². The molecule has 15 heavy (non-hydrogen) atoms. The average molecular weight is 214 g/mol. The highest BCUT2D eigenvalue weighted by Gasteiger charge is 2.02. The van der Waals surface area contributed by atoms with E-state index >= 15 is 0 Å². The van der Waals surface area contributed by atoms with Crippen molar-refractivity contribution in [3.05, 3.63) is 5.21 Å². The van der Waals surface area contributed by atoms with Gasteiger partial charge in [-0.25, -0.2) is 0 Å². The van der Waals surface area contributed by atoms with Crippen LogP contribution in [0.15, 0.2) is 0 Å². The van der Waals surface area contributed by atoms with Crippen LogP contribution in [-0.4, -0.2) is 6.04 Å². The summed E-state index contributed by atoms with van der Waals surface area (Å²) < 4.78 is 0. The fourth-order valence-corrected chi connectivity index (χ4v) is 1.90. The van der Waals surface area contributed by atoms with E-state index in [2.05, 4.69) is 19.3 Å². The summed E-state index contributed by atoms with van der Waals surface area (Å²) in [5.41, 5.74) is 2.21. The summed E-state index contributed by atoms with van der Waals surface area (Å²) in [6.07, 6.45) is 12.3. The quantitative estimate of drug-likeness (QED) is 0.409. The van der Waals surface area contributed by atoms with E-state index < -0.39 is 0 Å². The summed E-state index contributed by atoms with van der Waals surface area (Å²) >= 11 is 0. The molecule has 0 saturated carbocycles. The van der Waals surface area contributed by atoms with Crippen LogP contribution in [-0.2, 0) is 0 Å². The average Bonchev–Trinajstić information content (AvgIpc) is 2.27. The maximum Gasteiger partial charge on any atom is -0.00510 e. The van der Waals surface area contributed by atoms with Crippen LogP contribution in [0.4, 0.5) is 0 Å². The lowest BCUT2D eigenvalue weighted by atomic mass is 10.0. The van der Waals surface area contributed by atoms with Gasteiger partial charge < -0.3 is 10.7 Å². The maximum atomic E-state index is 10.7. The molecule has 0 aliphatic heterocycles. The van der Waals surface area contributed by atoms with Gasteiger partial charge in [0.2, 0.25) is 0 Å². The first-order chi connectivity index (χ1) is 7.35. The van der Waals surface area contributed by atoms with E-state index in [0.717, 1.165) is 12.8 Å². The lowest BCUT2D eigenvalue weighted by Crippen LogP contribution is -2.23. The topological polar surface area (TPSA) is 35.1 Å². The Morgan fingerprint density at radius 2 is 1.27 bits per heavy atom. The zero-order valence-electron chi connectivity index (χ0n) is 10.6. The van der Waals surface area contributed by atoms with Crippen molar-refractivity contribution >= 4 is 0 Å². The molecule has 0 amide bonds. The second-order valence-corrected chi connectivity index (χ2v) is 4.51. The van der Waals surface area contributed by atoms with E-state index in [-0.39, 0.29) is 6.04 Å². The Kier molecular flexibility index (Phi) is 11.9.